The normalized spacial score (nSPS) is 7.50. The van der Waals surface area contributed by atoms with Crippen molar-refractivity contribution in [2.24, 2.45) is 0 Å². The number of anilines is 1. The largest absolute Gasteiger partial charge is 0.388 e. The topological polar surface area (TPSA) is 12.0 Å². The second kappa shape index (κ2) is 6.30. The molecule has 0 saturated carbocycles. The van der Waals surface area contributed by atoms with E-state index in [0.29, 0.717) is 0 Å². The van der Waals surface area contributed by atoms with Crippen LogP contribution in [0.2, 0.25) is 0 Å². The molecule has 0 atom stereocenters. The van der Waals surface area contributed by atoms with Gasteiger partial charge in [0.05, 0.1) is 0 Å². The Morgan fingerprint density at radius 2 is 1.67 bits per heavy atom. The van der Waals surface area contributed by atoms with Gasteiger partial charge in [0, 0.05) is 18.3 Å². The monoisotopic (exact) mass is 161 g/mol. The zero-order valence-electron chi connectivity index (χ0n) is 7.89. The van der Waals surface area contributed by atoms with E-state index in [1.165, 1.54) is 0 Å². The molecule has 0 aliphatic rings. The summed E-state index contributed by atoms with van der Waals surface area (Å²) in [6.07, 6.45) is 5.17. The van der Waals surface area contributed by atoms with E-state index in [0.717, 1.165) is 11.3 Å². The minimum atomic E-state index is 0.916. The maximum atomic E-state index is 5.17. The quantitative estimate of drug-likeness (QED) is 0.624. The molecule has 12 heavy (non-hydrogen) atoms. The van der Waals surface area contributed by atoms with E-state index in [1.54, 1.807) is 0 Å². The standard InChI is InChI=1S/C9H9N.C2H6/c1-3-8-4-6-9(10-2)7-5-8;1-2/h1,4-7,10H,2H3;1-2H3. The molecule has 0 heterocycles. The van der Waals surface area contributed by atoms with Crippen LogP contribution in [-0.2, 0) is 0 Å². The highest BCUT2D eigenvalue weighted by Gasteiger charge is 1.86. The maximum Gasteiger partial charge on any atom is 0.0338 e. The van der Waals surface area contributed by atoms with Gasteiger partial charge in [0.25, 0.3) is 0 Å². The zero-order chi connectivity index (χ0) is 9.40. The van der Waals surface area contributed by atoms with Gasteiger partial charge in [-0.15, -0.1) is 6.42 Å². The highest BCUT2D eigenvalue weighted by molar-refractivity contribution is 5.47. The van der Waals surface area contributed by atoms with Gasteiger partial charge in [-0.05, 0) is 24.3 Å². The predicted octanol–water partition coefficient (Wildman–Crippen LogP) is 2.74. The van der Waals surface area contributed by atoms with E-state index in [9.17, 15) is 0 Å². The van der Waals surface area contributed by atoms with Gasteiger partial charge in [-0.2, -0.15) is 0 Å². The molecule has 0 fully saturated rings. The molecule has 0 saturated heterocycles. The number of hydrogen-bond donors (Lipinski definition) is 1. The lowest BCUT2D eigenvalue weighted by Gasteiger charge is -1.97. The van der Waals surface area contributed by atoms with Gasteiger partial charge in [-0.3, -0.25) is 0 Å². The van der Waals surface area contributed by atoms with Gasteiger partial charge in [-0.1, -0.05) is 19.8 Å². The number of terminal acetylenes is 1. The molecule has 0 aliphatic heterocycles. The van der Waals surface area contributed by atoms with Crippen molar-refractivity contribution < 1.29 is 0 Å². The van der Waals surface area contributed by atoms with Crippen LogP contribution >= 0.6 is 0 Å². The summed E-state index contributed by atoms with van der Waals surface area (Å²) in [5, 5.41) is 3.01. The van der Waals surface area contributed by atoms with Crippen LogP contribution in [0.4, 0.5) is 5.69 Å². The third-order valence-corrected chi connectivity index (χ3v) is 1.34. The van der Waals surface area contributed by atoms with E-state index >= 15 is 0 Å². The number of hydrogen-bond acceptors (Lipinski definition) is 1. The number of benzene rings is 1. The van der Waals surface area contributed by atoms with Gasteiger partial charge >= 0.3 is 0 Å². The van der Waals surface area contributed by atoms with Crippen molar-refractivity contribution in [3.05, 3.63) is 29.8 Å². The third kappa shape index (κ3) is 3.12. The molecule has 0 amide bonds. The Balaban J connectivity index is 0.000000561. The molecule has 0 radical (unpaired) electrons. The molecule has 64 valence electrons. The molecule has 1 nitrogen and oxygen atoms in total. The molecule has 0 bridgehead atoms. The Morgan fingerprint density at radius 3 is 2.00 bits per heavy atom. The fourth-order valence-electron chi connectivity index (χ4n) is 0.733. The second-order valence-corrected chi connectivity index (χ2v) is 1.97. The van der Waals surface area contributed by atoms with Crippen LogP contribution in [0.1, 0.15) is 19.4 Å². The van der Waals surface area contributed by atoms with Crippen molar-refractivity contribution in [2.45, 2.75) is 13.8 Å². The van der Waals surface area contributed by atoms with Gasteiger partial charge < -0.3 is 5.32 Å². The minimum Gasteiger partial charge on any atom is -0.388 e. The van der Waals surface area contributed by atoms with Crippen LogP contribution in [0.3, 0.4) is 0 Å². The zero-order valence-corrected chi connectivity index (χ0v) is 7.89. The van der Waals surface area contributed by atoms with E-state index in [2.05, 4.69) is 11.2 Å². The summed E-state index contributed by atoms with van der Waals surface area (Å²) in [7, 11) is 1.88. The first kappa shape index (κ1) is 10.6. The summed E-state index contributed by atoms with van der Waals surface area (Å²) < 4.78 is 0. The van der Waals surface area contributed by atoms with E-state index in [4.69, 9.17) is 6.42 Å². The Hall–Kier alpha value is -1.42. The van der Waals surface area contributed by atoms with Crippen LogP contribution in [0, 0.1) is 12.3 Å². The van der Waals surface area contributed by atoms with Crippen LogP contribution in [0.5, 0.6) is 0 Å². The van der Waals surface area contributed by atoms with Crippen LogP contribution in [0.15, 0.2) is 24.3 Å². The summed E-state index contributed by atoms with van der Waals surface area (Å²) in [5.41, 5.74) is 2.00. The number of nitrogens with one attached hydrogen (secondary N) is 1. The van der Waals surface area contributed by atoms with Gasteiger partial charge in [0.15, 0.2) is 0 Å². The summed E-state index contributed by atoms with van der Waals surface area (Å²) >= 11 is 0. The highest BCUT2D eigenvalue weighted by Crippen LogP contribution is 2.06. The molecular formula is C11H15N. The van der Waals surface area contributed by atoms with Gasteiger partial charge in [-0.25, -0.2) is 0 Å². The predicted molar refractivity (Wildman–Crippen MR) is 55.3 cm³/mol. The SMILES string of the molecule is C#Cc1ccc(NC)cc1.CC. The van der Waals surface area contributed by atoms with Crippen molar-refractivity contribution in [2.75, 3.05) is 12.4 Å². The molecule has 0 aromatic heterocycles. The lowest BCUT2D eigenvalue weighted by molar-refractivity contribution is 1.50. The average molecular weight is 161 g/mol. The maximum absolute atomic E-state index is 5.17. The molecule has 1 aromatic rings. The lowest BCUT2D eigenvalue weighted by atomic mass is 10.2. The first-order valence-corrected chi connectivity index (χ1v) is 4.11. The highest BCUT2D eigenvalue weighted by atomic mass is 14.8. The minimum absolute atomic E-state index is 0.916. The van der Waals surface area contributed by atoms with Crippen molar-refractivity contribution in [3.8, 4) is 12.3 Å². The van der Waals surface area contributed by atoms with Crippen molar-refractivity contribution in [1.29, 1.82) is 0 Å². The second-order valence-electron chi connectivity index (χ2n) is 1.97. The summed E-state index contributed by atoms with van der Waals surface area (Å²) in [6.45, 7) is 4.00. The van der Waals surface area contributed by atoms with E-state index in [-0.39, 0.29) is 0 Å². The number of rotatable bonds is 1. The van der Waals surface area contributed by atoms with Crippen LogP contribution in [-0.4, -0.2) is 7.05 Å². The first-order valence-electron chi connectivity index (χ1n) is 4.11. The Labute approximate surface area is 74.8 Å². The molecular weight excluding hydrogens is 146 g/mol. The Morgan fingerprint density at radius 1 is 1.17 bits per heavy atom. The Bertz CT molecular complexity index is 241. The third-order valence-electron chi connectivity index (χ3n) is 1.34. The Kier molecular flexibility index (Phi) is 5.55. The smallest absolute Gasteiger partial charge is 0.0338 e. The summed E-state index contributed by atoms with van der Waals surface area (Å²) in [6, 6.07) is 7.72. The lowest BCUT2D eigenvalue weighted by Crippen LogP contribution is -1.86. The van der Waals surface area contributed by atoms with Crippen molar-refractivity contribution >= 4 is 5.69 Å². The van der Waals surface area contributed by atoms with Crippen molar-refractivity contribution in [3.63, 3.8) is 0 Å². The average Bonchev–Trinajstić information content (AvgIpc) is 2.21. The molecule has 0 spiro atoms. The van der Waals surface area contributed by atoms with Crippen LogP contribution in [0.25, 0.3) is 0 Å². The molecule has 1 heteroatoms. The van der Waals surface area contributed by atoms with Crippen molar-refractivity contribution in [1.82, 2.24) is 0 Å². The van der Waals surface area contributed by atoms with E-state index < -0.39 is 0 Å². The first-order chi connectivity index (χ1) is 5.86. The molecule has 1 N–H and O–H groups in total. The molecule has 1 rings (SSSR count). The summed E-state index contributed by atoms with van der Waals surface area (Å²) in [4.78, 5) is 0. The van der Waals surface area contributed by atoms with E-state index in [1.807, 2.05) is 45.2 Å². The van der Waals surface area contributed by atoms with Gasteiger partial charge in [0.1, 0.15) is 0 Å². The molecule has 0 aliphatic carbocycles. The van der Waals surface area contributed by atoms with Crippen LogP contribution < -0.4 is 5.32 Å². The fourth-order valence-corrected chi connectivity index (χ4v) is 0.733. The van der Waals surface area contributed by atoms with Gasteiger partial charge in [0.2, 0.25) is 0 Å². The fraction of sp³-hybridized carbons (Fsp3) is 0.273. The summed E-state index contributed by atoms with van der Waals surface area (Å²) in [5.74, 6) is 2.55. The molecule has 1 aromatic carbocycles. The molecule has 0 unspecified atom stereocenters.